The summed E-state index contributed by atoms with van der Waals surface area (Å²) in [5, 5.41) is 9.71. The van der Waals surface area contributed by atoms with E-state index in [1.807, 2.05) is 13.8 Å². The molecule has 6 heteroatoms. The number of hydrogen-bond acceptors (Lipinski definition) is 6. The summed E-state index contributed by atoms with van der Waals surface area (Å²) in [7, 11) is 0. The smallest absolute Gasteiger partial charge is 0.190 e. The van der Waals surface area contributed by atoms with E-state index in [-0.39, 0.29) is 12.2 Å². The van der Waals surface area contributed by atoms with E-state index >= 15 is 0 Å². The van der Waals surface area contributed by atoms with E-state index in [2.05, 4.69) is 0 Å². The second kappa shape index (κ2) is 3.63. The van der Waals surface area contributed by atoms with Crippen LogP contribution in [0, 0.1) is 0 Å². The van der Waals surface area contributed by atoms with E-state index in [1.165, 1.54) is 0 Å². The van der Waals surface area contributed by atoms with Gasteiger partial charge in [-0.25, -0.2) is 0 Å². The van der Waals surface area contributed by atoms with Crippen LogP contribution < -0.4 is 0 Å². The average Bonchev–Trinajstić information content (AvgIpc) is 2.58. The molecule has 6 nitrogen and oxygen atoms in total. The molecular weight excluding hydrogens is 216 g/mol. The first-order chi connectivity index (χ1) is 7.57. The number of rotatable bonds is 0. The van der Waals surface area contributed by atoms with Gasteiger partial charge in [-0.1, -0.05) is 0 Å². The van der Waals surface area contributed by atoms with Crippen molar-refractivity contribution in [1.29, 1.82) is 0 Å². The molecule has 0 saturated carbocycles. The van der Waals surface area contributed by atoms with Gasteiger partial charge < -0.3 is 28.8 Å². The van der Waals surface area contributed by atoms with Gasteiger partial charge in [0.2, 0.25) is 0 Å². The van der Waals surface area contributed by atoms with Gasteiger partial charge in [-0.2, -0.15) is 0 Å². The van der Waals surface area contributed by atoms with Crippen molar-refractivity contribution in [2.24, 2.45) is 0 Å². The third kappa shape index (κ3) is 1.66. The van der Waals surface area contributed by atoms with Crippen molar-refractivity contribution in [3.63, 3.8) is 0 Å². The zero-order valence-corrected chi connectivity index (χ0v) is 9.29. The lowest BCUT2D eigenvalue weighted by Gasteiger charge is -2.25. The summed E-state index contributed by atoms with van der Waals surface area (Å²) in [5.74, 6) is -0.665. The van der Waals surface area contributed by atoms with Gasteiger partial charge in [0.1, 0.15) is 18.3 Å². The molecule has 3 aliphatic heterocycles. The summed E-state index contributed by atoms with van der Waals surface area (Å²) in [4.78, 5) is 0. The van der Waals surface area contributed by atoms with Gasteiger partial charge in [-0.15, -0.1) is 0 Å². The number of hydrogen-bond donors (Lipinski definition) is 1. The Hall–Kier alpha value is -0.240. The van der Waals surface area contributed by atoms with E-state index < -0.39 is 24.5 Å². The highest BCUT2D eigenvalue weighted by molar-refractivity contribution is 4.95. The zero-order valence-electron chi connectivity index (χ0n) is 9.29. The second-order valence-electron chi connectivity index (χ2n) is 4.67. The second-order valence-corrected chi connectivity index (χ2v) is 4.67. The first kappa shape index (κ1) is 10.9. The van der Waals surface area contributed by atoms with Crippen LogP contribution in [0.3, 0.4) is 0 Å². The summed E-state index contributed by atoms with van der Waals surface area (Å²) < 4.78 is 27.6. The summed E-state index contributed by atoms with van der Waals surface area (Å²) in [6, 6.07) is 0. The van der Waals surface area contributed by atoms with E-state index in [0.29, 0.717) is 13.2 Å². The summed E-state index contributed by atoms with van der Waals surface area (Å²) in [6.07, 6.45) is -2.62. The fourth-order valence-corrected chi connectivity index (χ4v) is 2.37. The first-order valence-corrected chi connectivity index (χ1v) is 5.49. The minimum atomic E-state index is -0.978. The highest BCUT2D eigenvalue weighted by atomic mass is 16.8. The van der Waals surface area contributed by atoms with Crippen LogP contribution >= 0.6 is 0 Å². The third-order valence-electron chi connectivity index (χ3n) is 2.99. The molecule has 3 rings (SSSR count). The predicted molar refractivity (Wildman–Crippen MR) is 50.4 cm³/mol. The van der Waals surface area contributed by atoms with Crippen molar-refractivity contribution in [3.8, 4) is 0 Å². The summed E-state index contributed by atoms with van der Waals surface area (Å²) >= 11 is 0. The van der Waals surface area contributed by atoms with Crippen molar-refractivity contribution in [1.82, 2.24) is 0 Å². The normalized spacial score (nSPS) is 50.8. The molecule has 1 N–H and O–H groups in total. The molecule has 16 heavy (non-hydrogen) atoms. The molecule has 0 aromatic heterocycles. The van der Waals surface area contributed by atoms with Crippen molar-refractivity contribution in [2.75, 3.05) is 13.2 Å². The predicted octanol–water partition coefficient (Wildman–Crippen LogP) is -0.403. The average molecular weight is 232 g/mol. The molecule has 3 fully saturated rings. The first-order valence-electron chi connectivity index (χ1n) is 5.49. The molecular formula is C10H16O6. The van der Waals surface area contributed by atoms with Crippen LogP contribution in [0.2, 0.25) is 0 Å². The van der Waals surface area contributed by atoms with E-state index in [1.54, 1.807) is 0 Å². The minimum Gasteiger partial charge on any atom is -0.370 e. The topological polar surface area (TPSA) is 66.4 Å². The molecule has 5 atom stereocenters. The van der Waals surface area contributed by atoms with Crippen LogP contribution in [0.25, 0.3) is 0 Å². The number of aliphatic hydroxyl groups excluding tert-OH is 1. The zero-order chi connectivity index (χ0) is 11.3. The molecule has 0 bridgehead atoms. The standard InChI is InChI=1S/C10H16O6/c1-10(2)15-7-5-6(14-9(7)16-10)8(11)13-4-3-12-5/h5-9,11H,3-4H2,1-2H3/t5-,6-,7+,8-,9+/m0/s1. The number of ether oxygens (including phenoxy) is 5. The number of fused-ring (bicyclic) bond motifs is 3. The third-order valence-corrected chi connectivity index (χ3v) is 2.99. The Morgan fingerprint density at radius 3 is 2.56 bits per heavy atom. The molecule has 0 unspecified atom stereocenters. The number of aliphatic hydroxyl groups is 1. The molecule has 0 spiro atoms. The summed E-state index contributed by atoms with van der Waals surface area (Å²) in [5.41, 5.74) is 0. The van der Waals surface area contributed by atoms with Crippen LogP contribution in [0.15, 0.2) is 0 Å². The van der Waals surface area contributed by atoms with Crippen molar-refractivity contribution in [3.05, 3.63) is 0 Å². The van der Waals surface area contributed by atoms with Crippen LogP contribution in [0.4, 0.5) is 0 Å². The van der Waals surface area contributed by atoms with Gasteiger partial charge in [-0.05, 0) is 13.8 Å². The lowest BCUT2D eigenvalue weighted by molar-refractivity contribution is -0.246. The van der Waals surface area contributed by atoms with E-state index in [9.17, 15) is 5.11 Å². The van der Waals surface area contributed by atoms with Gasteiger partial charge in [-0.3, -0.25) is 0 Å². The van der Waals surface area contributed by atoms with Gasteiger partial charge in [0.25, 0.3) is 0 Å². The van der Waals surface area contributed by atoms with Gasteiger partial charge >= 0.3 is 0 Å². The van der Waals surface area contributed by atoms with Crippen molar-refractivity contribution >= 4 is 0 Å². The van der Waals surface area contributed by atoms with E-state index in [4.69, 9.17) is 23.7 Å². The Bertz CT molecular complexity index is 280. The maximum atomic E-state index is 9.71. The molecule has 3 saturated heterocycles. The fourth-order valence-electron chi connectivity index (χ4n) is 2.37. The molecule has 0 radical (unpaired) electrons. The molecule has 0 aromatic rings. The molecule has 3 heterocycles. The summed E-state index contributed by atoms with van der Waals surface area (Å²) in [6.45, 7) is 4.44. The Balaban J connectivity index is 1.79. The Labute approximate surface area is 93.4 Å². The van der Waals surface area contributed by atoms with Gasteiger partial charge in [0.05, 0.1) is 13.2 Å². The molecule has 3 aliphatic rings. The highest BCUT2D eigenvalue weighted by Crippen LogP contribution is 2.40. The van der Waals surface area contributed by atoms with Crippen molar-refractivity contribution < 1.29 is 28.8 Å². The van der Waals surface area contributed by atoms with E-state index in [0.717, 1.165) is 0 Å². The SMILES string of the molecule is CC1(C)O[C@H]2O[C@H]3[C@H](OCCO[C@@H]3O)[C@H]2O1. The molecule has 0 aromatic carbocycles. The van der Waals surface area contributed by atoms with Gasteiger partial charge in [0.15, 0.2) is 18.4 Å². The Morgan fingerprint density at radius 2 is 1.75 bits per heavy atom. The largest absolute Gasteiger partial charge is 0.370 e. The quantitative estimate of drug-likeness (QED) is 0.613. The molecule has 92 valence electrons. The van der Waals surface area contributed by atoms with Crippen LogP contribution in [0.1, 0.15) is 13.8 Å². The van der Waals surface area contributed by atoms with Gasteiger partial charge in [0, 0.05) is 0 Å². The lowest BCUT2D eigenvalue weighted by Crippen LogP contribution is -2.41. The van der Waals surface area contributed by atoms with Crippen LogP contribution in [-0.4, -0.2) is 55.0 Å². The fraction of sp³-hybridized carbons (Fsp3) is 1.00. The Kier molecular flexibility index (Phi) is 2.47. The minimum absolute atomic E-state index is 0.295. The van der Waals surface area contributed by atoms with Crippen LogP contribution in [0.5, 0.6) is 0 Å². The maximum Gasteiger partial charge on any atom is 0.190 e. The van der Waals surface area contributed by atoms with Crippen molar-refractivity contribution in [2.45, 2.75) is 50.5 Å². The highest BCUT2D eigenvalue weighted by Gasteiger charge is 2.57. The van der Waals surface area contributed by atoms with Crippen LogP contribution in [-0.2, 0) is 23.7 Å². The molecule has 0 amide bonds. The monoisotopic (exact) mass is 232 g/mol. The lowest BCUT2D eigenvalue weighted by atomic mass is 10.1. The maximum absolute atomic E-state index is 9.71. The molecule has 0 aliphatic carbocycles. The Morgan fingerprint density at radius 1 is 1.00 bits per heavy atom.